The lowest BCUT2D eigenvalue weighted by Crippen LogP contribution is -2.01. The van der Waals surface area contributed by atoms with Crippen molar-refractivity contribution in [2.45, 2.75) is 12.8 Å². The van der Waals surface area contributed by atoms with Crippen LogP contribution in [0, 0.1) is 11.3 Å². The fourth-order valence-corrected chi connectivity index (χ4v) is 4.62. The van der Waals surface area contributed by atoms with Gasteiger partial charge < -0.3 is 10.2 Å². The summed E-state index contributed by atoms with van der Waals surface area (Å²) < 4.78 is 8.01. The molecule has 6 rings (SSSR count). The summed E-state index contributed by atoms with van der Waals surface area (Å²) in [4.78, 5) is 9.12. The first-order valence-corrected chi connectivity index (χ1v) is 11.2. The molecular formula is C27H18ClN5O. The Balaban J connectivity index is 1.57. The predicted octanol–water partition coefficient (Wildman–Crippen LogP) is 6.68. The molecule has 3 aromatic heterocycles. The van der Waals surface area contributed by atoms with Crippen LogP contribution < -0.4 is 5.73 Å². The second kappa shape index (κ2) is 7.91. The second-order valence-corrected chi connectivity index (χ2v) is 8.53. The largest absolute Gasteiger partial charge is 0.456 e. The number of aromatic nitrogens is 3. The number of hydrogen-bond donors (Lipinski definition) is 1. The monoisotopic (exact) mass is 463 g/mol. The number of anilines is 1. The number of benzene rings is 3. The van der Waals surface area contributed by atoms with Gasteiger partial charge in [-0.3, -0.25) is 9.55 Å². The Labute approximate surface area is 199 Å². The number of fused-ring (bicyclic) bond motifs is 4. The summed E-state index contributed by atoms with van der Waals surface area (Å²) in [6.45, 7) is 0. The number of rotatable bonds is 4. The fraction of sp³-hybridized carbons (Fsp3) is 0.0741. The van der Waals surface area contributed by atoms with Crippen molar-refractivity contribution in [3.05, 3.63) is 83.5 Å². The molecule has 6 nitrogen and oxygen atoms in total. The summed E-state index contributed by atoms with van der Waals surface area (Å²) in [5.41, 5.74) is 12.2. The average molecular weight is 464 g/mol. The van der Waals surface area contributed by atoms with Crippen LogP contribution in [0.3, 0.4) is 0 Å². The third-order valence-corrected chi connectivity index (χ3v) is 6.32. The normalized spacial score (nSPS) is 11.4. The van der Waals surface area contributed by atoms with Crippen LogP contribution in [0.2, 0.25) is 5.02 Å². The number of aryl methyl sites for hydroxylation is 1. The highest BCUT2D eigenvalue weighted by Gasteiger charge is 2.18. The number of nitrogens with zero attached hydrogens (tertiary/aromatic N) is 4. The van der Waals surface area contributed by atoms with E-state index in [2.05, 4.69) is 16.0 Å². The van der Waals surface area contributed by atoms with Crippen molar-refractivity contribution < 1.29 is 4.42 Å². The Morgan fingerprint density at radius 2 is 1.85 bits per heavy atom. The van der Waals surface area contributed by atoms with Gasteiger partial charge in [-0.25, -0.2) is 4.98 Å². The van der Waals surface area contributed by atoms with E-state index in [-0.39, 0.29) is 0 Å². The zero-order valence-electron chi connectivity index (χ0n) is 18.0. The van der Waals surface area contributed by atoms with Crippen LogP contribution in [-0.4, -0.2) is 14.5 Å². The summed E-state index contributed by atoms with van der Waals surface area (Å²) in [7, 11) is 0. The Morgan fingerprint density at radius 1 is 1.03 bits per heavy atom. The Morgan fingerprint density at radius 3 is 2.65 bits per heavy atom. The summed E-state index contributed by atoms with van der Waals surface area (Å²) in [6.07, 6.45) is 2.91. The summed E-state index contributed by atoms with van der Waals surface area (Å²) >= 11 is 6.67. The summed E-state index contributed by atoms with van der Waals surface area (Å²) in [5.74, 6) is 1.06. The molecule has 0 spiro atoms. The van der Waals surface area contributed by atoms with Crippen LogP contribution in [0.15, 0.2) is 77.3 Å². The number of pyridine rings is 1. The molecule has 0 bridgehead atoms. The van der Waals surface area contributed by atoms with E-state index in [0.29, 0.717) is 35.1 Å². The van der Waals surface area contributed by atoms with E-state index >= 15 is 0 Å². The Hall–Kier alpha value is -4.34. The number of imidazole rings is 1. The number of nitrogen functional groups attached to an aromatic ring is 1. The van der Waals surface area contributed by atoms with Crippen molar-refractivity contribution >= 4 is 50.5 Å². The van der Waals surface area contributed by atoms with E-state index in [4.69, 9.17) is 27.0 Å². The first kappa shape index (κ1) is 20.3. The third kappa shape index (κ3) is 3.26. The molecule has 34 heavy (non-hydrogen) atoms. The standard InChI is InChI=1S/C27H18ClN5O/c28-21-14-22-20(13-19(21)25-12-17-5-1-2-6-24(17)34-25)26-23(15-31-22)32-27(30)33(26)18-9-7-16(8-10-18)4-3-11-29/h1-2,5-10,12-15H,3-4H2,(H2,30,32). The molecule has 0 saturated heterocycles. The number of nitriles is 1. The number of halogens is 1. The van der Waals surface area contributed by atoms with Gasteiger partial charge >= 0.3 is 0 Å². The van der Waals surface area contributed by atoms with Gasteiger partial charge in [0.15, 0.2) is 0 Å². The predicted molar refractivity (Wildman–Crippen MR) is 135 cm³/mol. The van der Waals surface area contributed by atoms with Crippen molar-refractivity contribution in [3.63, 3.8) is 0 Å². The molecule has 0 radical (unpaired) electrons. The number of para-hydroxylation sites is 1. The first-order chi connectivity index (χ1) is 16.6. The number of furan rings is 1. The molecule has 3 heterocycles. The highest BCUT2D eigenvalue weighted by Crippen LogP contribution is 2.38. The fourth-order valence-electron chi connectivity index (χ4n) is 4.37. The molecule has 3 aromatic carbocycles. The zero-order valence-corrected chi connectivity index (χ0v) is 18.8. The number of nitrogens with two attached hydrogens (primary N) is 1. The lowest BCUT2D eigenvalue weighted by Gasteiger charge is -2.10. The van der Waals surface area contributed by atoms with E-state index < -0.39 is 0 Å². The quantitative estimate of drug-likeness (QED) is 0.314. The van der Waals surface area contributed by atoms with E-state index in [1.165, 1.54) is 0 Å². The van der Waals surface area contributed by atoms with Crippen molar-refractivity contribution in [1.29, 1.82) is 5.26 Å². The highest BCUT2D eigenvalue weighted by molar-refractivity contribution is 6.34. The minimum Gasteiger partial charge on any atom is -0.456 e. The Kier molecular flexibility index (Phi) is 4.72. The van der Waals surface area contributed by atoms with Crippen molar-refractivity contribution in [1.82, 2.24) is 14.5 Å². The maximum atomic E-state index is 8.85. The topological polar surface area (TPSA) is 93.7 Å². The Bertz CT molecular complexity index is 1710. The maximum absolute atomic E-state index is 8.85. The SMILES string of the molecule is N#CCCc1ccc(-n2c(N)nc3cnc4cc(Cl)c(-c5cc6ccccc6o5)cc4c32)cc1. The van der Waals surface area contributed by atoms with Gasteiger partial charge in [-0.05, 0) is 48.4 Å². The highest BCUT2D eigenvalue weighted by atomic mass is 35.5. The van der Waals surface area contributed by atoms with E-state index in [1.807, 2.05) is 71.3 Å². The minimum atomic E-state index is 0.370. The molecule has 0 amide bonds. The van der Waals surface area contributed by atoms with Crippen LogP contribution in [0.4, 0.5) is 5.95 Å². The molecule has 0 saturated carbocycles. The lowest BCUT2D eigenvalue weighted by molar-refractivity contribution is 0.632. The van der Waals surface area contributed by atoms with Crippen LogP contribution >= 0.6 is 11.6 Å². The van der Waals surface area contributed by atoms with Crippen molar-refractivity contribution in [3.8, 4) is 23.1 Å². The van der Waals surface area contributed by atoms with Gasteiger partial charge in [0.25, 0.3) is 0 Å². The third-order valence-electron chi connectivity index (χ3n) is 6.01. The van der Waals surface area contributed by atoms with E-state index in [1.54, 1.807) is 6.20 Å². The minimum absolute atomic E-state index is 0.370. The first-order valence-electron chi connectivity index (χ1n) is 10.8. The molecular weight excluding hydrogens is 446 g/mol. The molecule has 0 fully saturated rings. The van der Waals surface area contributed by atoms with Crippen molar-refractivity contribution in [2.75, 3.05) is 5.73 Å². The van der Waals surface area contributed by atoms with E-state index in [0.717, 1.165) is 44.2 Å². The summed E-state index contributed by atoms with van der Waals surface area (Å²) in [5, 5.41) is 11.3. The van der Waals surface area contributed by atoms with Gasteiger partial charge in [0, 0.05) is 28.4 Å². The molecule has 0 aliphatic heterocycles. The number of hydrogen-bond acceptors (Lipinski definition) is 5. The zero-order chi connectivity index (χ0) is 23.2. The van der Waals surface area contributed by atoms with Crippen molar-refractivity contribution in [2.24, 2.45) is 0 Å². The van der Waals surface area contributed by atoms with Gasteiger partial charge in [0.1, 0.15) is 16.9 Å². The van der Waals surface area contributed by atoms with Gasteiger partial charge in [0.05, 0.1) is 28.3 Å². The molecule has 2 N–H and O–H groups in total. The van der Waals surface area contributed by atoms with Crippen LogP contribution in [-0.2, 0) is 6.42 Å². The van der Waals surface area contributed by atoms with E-state index in [9.17, 15) is 0 Å². The van der Waals surface area contributed by atoms with Gasteiger partial charge in [-0.15, -0.1) is 0 Å². The van der Waals surface area contributed by atoms with Crippen LogP contribution in [0.1, 0.15) is 12.0 Å². The van der Waals surface area contributed by atoms with Gasteiger partial charge in [-0.2, -0.15) is 5.26 Å². The maximum Gasteiger partial charge on any atom is 0.206 e. The molecule has 164 valence electrons. The molecule has 0 unspecified atom stereocenters. The summed E-state index contributed by atoms with van der Waals surface area (Å²) in [6, 6.07) is 23.9. The molecule has 0 aliphatic carbocycles. The van der Waals surface area contributed by atoms with Gasteiger partial charge in [-0.1, -0.05) is 41.9 Å². The molecule has 0 atom stereocenters. The van der Waals surface area contributed by atoms with Crippen LogP contribution in [0.5, 0.6) is 0 Å². The molecule has 6 aromatic rings. The molecule has 0 aliphatic rings. The van der Waals surface area contributed by atoms with Crippen LogP contribution in [0.25, 0.3) is 49.9 Å². The smallest absolute Gasteiger partial charge is 0.206 e. The average Bonchev–Trinajstić information content (AvgIpc) is 3.43. The lowest BCUT2D eigenvalue weighted by atomic mass is 10.1. The second-order valence-electron chi connectivity index (χ2n) is 8.12. The van der Waals surface area contributed by atoms with Gasteiger partial charge in [0.2, 0.25) is 5.95 Å². The molecule has 7 heteroatoms.